The number of carbonyl (C=O) groups is 2. The first kappa shape index (κ1) is 22.8. The van der Waals surface area contributed by atoms with E-state index in [1.807, 2.05) is 0 Å². The first-order valence-corrected chi connectivity index (χ1v) is 10.8. The predicted octanol–water partition coefficient (Wildman–Crippen LogP) is 3.29. The summed E-state index contributed by atoms with van der Waals surface area (Å²) in [6.45, 7) is 1.44. The third-order valence-corrected chi connectivity index (χ3v) is 6.04. The van der Waals surface area contributed by atoms with Crippen LogP contribution in [0.15, 0.2) is 65.6 Å². The van der Waals surface area contributed by atoms with Crippen LogP contribution < -0.4 is 20.5 Å². The van der Waals surface area contributed by atoms with Crippen LogP contribution in [0.25, 0.3) is 0 Å². The van der Waals surface area contributed by atoms with Gasteiger partial charge in [0.2, 0.25) is 5.91 Å². The molecule has 10 heteroatoms. The second kappa shape index (κ2) is 9.06. The summed E-state index contributed by atoms with van der Waals surface area (Å²) in [5, 5.41) is 2.51. The Kier molecular flexibility index (Phi) is 6.45. The molecule has 0 atom stereocenters. The zero-order valence-electron chi connectivity index (χ0n) is 17.2. The number of sulfonamides is 1. The number of hydrogen-bond donors (Lipinski definition) is 3. The highest BCUT2D eigenvalue weighted by Gasteiger charge is 2.18. The van der Waals surface area contributed by atoms with Gasteiger partial charge in [-0.3, -0.25) is 14.3 Å². The molecular formula is C22H20FN3O5S. The van der Waals surface area contributed by atoms with Crippen molar-refractivity contribution in [3.63, 3.8) is 0 Å². The molecular weight excluding hydrogens is 437 g/mol. The number of rotatable bonds is 7. The average molecular weight is 457 g/mol. The molecule has 3 aromatic rings. The van der Waals surface area contributed by atoms with E-state index in [2.05, 4.69) is 10.0 Å². The third kappa shape index (κ3) is 4.86. The molecule has 0 fully saturated rings. The van der Waals surface area contributed by atoms with E-state index in [0.29, 0.717) is 5.75 Å². The number of nitrogens with one attached hydrogen (secondary N) is 2. The van der Waals surface area contributed by atoms with Gasteiger partial charge in [-0.15, -0.1) is 0 Å². The van der Waals surface area contributed by atoms with Gasteiger partial charge in [0.1, 0.15) is 11.6 Å². The van der Waals surface area contributed by atoms with Crippen molar-refractivity contribution in [3.8, 4) is 5.75 Å². The van der Waals surface area contributed by atoms with E-state index in [-0.39, 0.29) is 33.0 Å². The molecule has 2 amide bonds. The van der Waals surface area contributed by atoms with Gasteiger partial charge in [0.15, 0.2) is 0 Å². The maximum atomic E-state index is 14.0. The Morgan fingerprint density at radius 2 is 1.62 bits per heavy atom. The summed E-state index contributed by atoms with van der Waals surface area (Å²) < 4.78 is 46.9. The Labute approximate surface area is 184 Å². The van der Waals surface area contributed by atoms with Crippen LogP contribution in [0.1, 0.15) is 26.3 Å². The Morgan fingerprint density at radius 1 is 0.969 bits per heavy atom. The molecule has 3 aromatic carbocycles. The van der Waals surface area contributed by atoms with Gasteiger partial charge >= 0.3 is 0 Å². The second-order valence-corrected chi connectivity index (χ2v) is 8.46. The van der Waals surface area contributed by atoms with Gasteiger partial charge in [-0.2, -0.15) is 0 Å². The van der Waals surface area contributed by atoms with E-state index in [9.17, 15) is 22.4 Å². The largest absolute Gasteiger partial charge is 0.495 e. The zero-order chi connectivity index (χ0) is 23.5. The van der Waals surface area contributed by atoms with E-state index in [1.54, 1.807) is 24.3 Å². The van der Waals surface area contributed by atoms with Crippen molar-refractivity contribution in [3.05, 3.63) is 83.2 Å². The fraction of sp³-hybridized carbons (Fsp3) is 0.0909. The average Bonchev–Trinajstić information content (AvgIpc) is 2.76. The molecule has 0 aliphatic carbocycles. The molecule has 0 heterocycles. The summed E-state index contributed by atoms with van der Waals surface area (Å²) in [6, 6.07) is 14.0. The Balaban J connectivity index is 1.81. The van der Waals surface area contributed by atoms with Crippen molar-refractivity contribution in [1.29, 1.82) is 0 Å². The van der Waals surface area contributed by atoms with Gasteiger partial charge < -0.3 is 15.8 Å². The highest BCUT2D eigenvalue weighted by Crippen LogP contribution is 2.26. The minimum Gasteiger partial charge on any atom is -0.495 e. The topological polar surface area (TPSA) is 128 Å². The molecule has 0 saturated carbocycles. The number of carbonyl (C=O) groups excluding carboxylic acids is 2. The minimum absolute atomic E-state index is 0.0714. The van der Waals surface area contributed by atoms with E-state index < -0.39 is 27.7 Å². The zero-order valence-corrected chi connectivity index (χ0v) is 18.0. The van der Waals surface area contributed by atoms with Crippen LogP contribution in [0.3, 0.4) is 0 Å². The van der Waals surface area contributed by atoms with Crippen molar-refractivity contribution < 1.29 is 27.1 Å². The van der Waals surface area contributed by atoms with Gasteiger partial charge in [0.25, 0.3) is 15.9 Å². The van der Waals surface area contributed by atoms with Crippen LogP contribution in [0.5, 0.6) is 5.75 Å². The number of halogens is 1. The van der Waals surface area contributed by atoms with Crippen molar-refractivity contribution in [1.82, 2.24) is 0 Å². The van der Waals surface area contributed by atoms with E-state index in [1.165, 1.54) is 44.4 Å². The summed E-state index contributed by atoms with van der Waals surface area (Å²) in [6.07, 6.45) is 0. The third-order valence-electron chi connectivity index (χ3n) is 4.66. The maximum absolute atomic E-state index is 14.0. The second-order valence-electron chi connectivity index (χ2n) is 6.78. The standard InChI is InChI=1S/C22H20FN3O5S/c1-13-17(23)11-15(21(24)27)12-19(13)25-22(28)14-7-9-16(10-8-14)32(29,30)26-18-5-3-4-6-20(18)31-2/h3-12,26H,1-2H3,(H2,24,27)(H,25,28). The lowest BCUT2D eigenvalue weighted by molar-refractivity contribution is 0.0995. The molecule has 0 aliphatic rings. The van der Waals surface area contributed by atoms with Gasteiger partial charge in [-0.05, 0) is 55.5 Å². The Hall–Kier alpha value is -3.92. The molecule has 0 aromatic heterocycles. The molecule has 0 radical (unpaired) electrons. The van der Waals surface area contributed by atoms with Crippen LogP contribution in [0.2, 0.25) is 0 Å². The Morgan fingerprint density at radius 3 is 2.25 bits per heavy atom. The van der Waals surface area contributed by atoms with Gasteiger partial charge in [0.05, 0.1) is 17.7 Å². The normalized spacial score (nSPS) is 11.0. The molecule has 0 saturated heterocycles. The molecule has 166 valence electrons. The summed E-state index contributed by atoms with van der Waals surface area (Å²) >= 11 is 0. The van der Waals surface area contributed by atoms with E-state index in [4.69, 9.17) is 10.5 Å². The highest BCUT2D eigenvalue weighted by molar-refractivity contribution is 7.92. The fourth-order valence-electron chi connectivity index (χ4n) is 2.86. The first-order chi connectivity index (χ1) is 15.1. The smallest absolute Gasteiger partial charge is 0.262 e. The molecule has 8 nitrogen and oxygen atoms in total. The van der Waals surface area contributed by atoms with Crippen molar-refractivity contribution in [2.75, 3.05) is 17.1 Å². The SMILES string of the molecule is COc1ccccc1NS(=O)(=O)c1ccc(C(=O)Nc2cc(C(N)=O)cc(F)c2C)cc1. The quantitative estimate of drug-likeness (QED) is 0.502. The molecule has 0 unspecified atom stereocenters. The minimum atomic E-state index is -3.94. The summed E-state index contributed by atoms with van der Waals surface area (Å²) in [5.74, 6) is -1.79. The lowest BCUT2D eigenvalue weighted by atomic mass is 10.1. The number of amides is 2. The molecule has 4 N–H and O–H groups in total. The number of ether oxygens (including phenoxy) is 1. The van der Waals surface area contributed by atoms with Gasteiger partial charge in [0, 0.05) is 22.4 Å². The lowest BCUT2D eigenvalue weighted by Gasteiger charge is -2.13. The molecule has 3 rings (SSSR count). The Bertz CT molecular complexity index is 1290. The van der Waals surface area contributed by atoms with Crippen LogP contribution in [-0.2, 0) is 10.0 Å². The molecule has 0 aliphatic heterocycles. The fourth-order valence-corrected chi connectivity index (χ4v) is 3.93. The van der Waals surface area contributed by atoms with Crippen molar-refractivity contribution >= 4 is 33.2 Å². The predicted molar refractivity (Wildman–Crippen MR) is 118 cm³/mol. The van der Waals surface area contributed by atoms with E-state index in [0.717, 1.165) is 6.07 Å². The number of primary amides is 1. The van der Waals surface area contributed by atoms with Crippen LogP contribution in [-0.4, -0.2) is 27.3 Å². The molecule has 0 spiro atoms. The van der Waals surface area contributed by atoms with E-state index >= 15 is 0 Å². The lowest BCUT2D eigenvalue weighted by Crippen LogP contribution is -2.17. The maximum Gasteiger partial charge on any atom is 0.262 e. The highest BCUT2D eigenvalue weighted by atomic mass is 32.2. The van der Waals surface area contributed by atoms with Crippen LogP contribution >= 0.6 is 0 Å². The van der Waals surface area contributed by atoms with Crippen molar-refractivity contribution in [2.24, 2.45) is 5.73 Å². The molecule has 32 heavy (non-hydrogen) atoms. The number of nitrogens with two attached hydrogens (primary N) is 1. The van der Waals surface area contributed by atoms with Gasteiger partial charge in [-0.25, -0.2) is 12.8 Å². The number of methoxy groups -OCH3 is 1. The van der Waals surface area contributed by atoms with Gasteiger partial charge in [-0.1, -0.05) is 12.1 Å². The first-order valence-electron chi connectivity index (χ1n) is 9.29. The summed E-state index contributed by atoms with van der Waals surface area (Å²) in [4.78, 5) is 23.8. The van der Waals surface area contributed by atoms with Crippen LogP contribution in [0.4, 0.5) is 15.8 Å². The summed E-state index contributed by atoms with van der Waals surface area (Å²) in [7, 11) is -2.51. The summed E-state index contributed by atoms with van der Waals surface area (Å²) in [5.41, 5.74) is 5.70. The number of benzene rings is 3. The number of para-hydroxylation sites is 2. The molecule has 0 bridgehead atoms. The van der Waals surface area contributed by atoms with Crippen LogP contribution in [0, 0.1) is 12.7 Å². The number of anilines is 2. The monoisotopic (exact) mass is 457 g/mol. The number of hydrogen-bond acceptors (Lipinski definition) is 5. The van der Waals surface area contributed by atoms with Crippen molar-refractivity contribution in [2.45, 2.75) is 11.8 Å².